The van der Waals surface area contributed by atoms with Crippen LogP contribution in [0.5, 0.6) is 0 Å². The highest BCUT2D eigenvalue weighted by Crippen LogP contribution is 2.25. The van der Waals surface area contributed by atoms with Gasteiger partial charge in [0.2, 0.25) is 0 Å². The van der Waals surface area contributed by atoms with E-state index in [4.69, 9.17) is 22.4 Å². The first-order valence-corrected chi connectivity index (χ1v) is 7.82. The third-order valence-corrected chi connectivity index (χ3v) is 3.63. The number of urea groups is 1. The first kappa shape index (κ1) is 19.0. The van der Waals surface area contributed by atoms with Crippen molar-refractivity contribution < 1.29 is 19.5 Å². The topological polar surface area (TPSA) is 109 Å². The molecule has 4 N–H and O–H groups in total. The van der Waals surface area contributed by atoms with E-state index >= 15 is 0 Å². The van der Waals surface area contributed by atoms with Gasteiger partial charge in [0.05, 0.1) is 0 Å². The van der Waals surface area contributed by atoms with E-state index in [9.17, 15) is 14.4 Å². The van der Waals surface area contributed by atoms with Crippen LogP contribution in [0, 0.1) is 0 Å². The largest absolute Gasteiger partial charge is 0.481 e. The van der Waals surface area contributed by atoms with Crippen LogP contribution in [0.1, 0.15) is 47.7 Å². The fraction of sp³-hybridized carbons (Fsp3) is 0.438. The number of aryl methyl sites for hydroxylation is 2. The predicted molar refractivity (Wildman–Crippen MR) is 87.9 cm³/mol. The van der Waals surface area contributed by atoms with Gasteiger partial charge in [0.1, 0.15) is 0 Å². The number of ketones is 1. The number of aliphatic carboxylic acids is 1. The summed E-state index contributed by atoms with van der Waals surface area (Å²) in [4.78, 5) is 33.9. The lowest BCUT2D eigenvalue weighted by molar-refractivity contribution is -0.136. The van der Waals surface area contributed by atoms with E-state index in [1.807, 2.05) is 6.92 Å². The Bertz CT molecular complexity index is 602. The molecule has 0 aliphatic carbocycles. The van der Waals surface area contributed by atoms with Gasteiger partial charge >= 0.3 is 12.0 Å². The van der Waals surface area contributed by atoms with E-state index in [-0.39, 0.29) is 25.0 Å². The fourth-order valence-electron chi connectivity index (χ4n) is 2.39. The summed E-state index contributed by atoms with van der Waals surface area (Å²) in [5, 5.41) is 11.8. The average Bonchev–Trinajstić information content (AvgIpc) is 2.48. The average molecular weight is 341 g/mol. The van der Waals surface area contributed by atoms with E-state index in [0.717, 1.165) is 5.56 Å². The minimum absolute atomic E-state index is 0.0625. The Balaban J connectivity index is 2.93. The molecule has 23 heavy (non-hydrogen) atoms. The summed E-state index contributed by atoms with van der Waals surface area (Å²) in [6.07, 6.45) is 1.53. The number of amides is 2. The molecule has 0 aromatic heterocycles. The molecular weight excluding hydrogens is 320 g/mol. The van der Waals surface area contributed by atoms with Crippen molar-refractivity contribution in [1.29, 1.82) is 0 Å². The van der Waals surface area contributed by atoms with Crippen molar-refractivity contribution in [1.82, 2.24) is 5.32 Å². The molecule has 1 aromatic rings. The molecule has 0 atom stereocenters. The molecule has 0 bridgehead atoms. The van der Waals surface area contributed by atoms with Crippen molar-refractivity contribution in [3.05, 3.63) is 33.8 Å². The Labute approximate surface area is 140 Å². The monoisotopic (exact) mass is 340 g/mol. The van der Waals surface area contributed by atoms with Gasteiger partial charge in [-0.25, -0.2) is 4.79 Å². The Hall–Kier alpha value is -2.08. The maximum atomic E-state index is 12.5. The standard InChI is InChI=1S/C16H21ClN2O4/c1-2-10-8-12(17)9-11(5-6-14(21)22)15(10)13(20)4-3-7-19-16(18)23/h8-9H,2-7H2,1H3,(H,21,22)(H3,18,19,23). The zero-order valence-corrected chi connectivity index (χ0v) is 13.8. The molecule has 0 fully saturated rings. The number of nitrogens with one attached hydrogen (secondary N) is 1. The highest BCUT2D eigenvalue weighted by Gasteiger charge is 2.17. The van der Waals surface area contributed by atoms with Crippen LogP contribution in [0.2, 0.25) is 5.02 Å². The number of carbonyl (C=O) groups excluding carboxylic acids is 2. The number of nitrogens with two attached hydrogens (primary N) is 1. The number of Topliss-reactive ketones (excluding diaryl/α,β-unsaturated/α-hetero) is 1. The van der Waals surface area contributed by atoms with Crippen molar-refractivity contribution in [3.8, 4) is 0 Å². The summed E-state index contributed by atoms with van der Waals surface area (Å²) in [5.41, 5.74) is 6.99. The third-order valence-electron chi connectivity index (χ3n) is 3.41. The molecule has 0 radical (unpaired) electrons. The zero-order chi connectivity index (χ0) is 17.4. The normalized spacial score (nSPS) is 10.3. The van der Waals surface area contributed by atoms with E-state index in [1.165, 1.54) is 0 Å². The lowest BCUT2D eigenvalue weighted by Crippen LogP contribution is -2.30. The molecule has 6 nitrogen and oxygen atoms in total. The van der Waals surface area contributed by atoms with Gasteiger partial charge in [-0.05, 0) is 42.5 Å². The first-order valence-electron chi connectivity index (χ1n) is 7.44. The Morgan fingerprint density at radius 2 is 1.87 bits per heavy atom. The highest BCUT2D eigenvalue weighted by atomic mass is 35.5. The molecular formula is C16H21ClN2O4. The molecule has 0 aliphatic rings. The van der Waals surface area contributed by atoms with Crippen molar-refractivity contribution in [2.45, 2.75) is 39.0 Å². The van der Waals surface area contributed by atoms with Crippen molar-refractivity contribution in [3.63, 3.8) is 0 Å². The lowest BCUT2D eigenvalue weighted by atomic mass is 9.91. The second-order valence-electron chi connectivity index (χ2n) is 5.16. The van der Waals surface area contributed by atoms with E-state index in [1.54, 1.807) is 12.1 Å². The second-order valence-corrected chi connectivity index (χ2v) is 5.60. The van der Waals surface area contributed by atoms with E-state index < -0.39 is 12.0 Å². The van der Waals surface area contributed by atoms with E-state index in [0.29, 0.717) is 35.5 Å². The molecule has 7 heteroatoms. The molecule has 0 saturated carbocycles. The Kier molecular flexibility index (Phi) is 7.54. The molecule has 0 heterocycles. The molecule has 0 saturated heterocycles. The van der Waals surface area contributed by atoms with Crippen LogP contribution in [-0.2, 0) is 17.6 Å². The summed E-state index contributed by atoms with van der Waals surface area (Å²) >= 11 is 6.06. The number of primary amides is 1. The molecule has 1 rings (SSSR count). The van der Waals surface area contributed by atoms with Crippen molar-refractivity contribution in [2.75, 3.05) is 6.54 Å². The predicted octanol–water partition coefficient (Wildman–Crippen LogP) is 2.55. The molecule has 1 aromatic carbocycles. The smallest absolute Gasteiger partial charge is 0.312 e. The highest BCUT2D eigenvalue weighted by molar-refractivity contribution is 6.30. The Morgan fingerprint density at radius 3 is 2.43 bits per heavy atom. The Morgan fingerprint density at radius 1 is 1.22 bits per heavy atom. The molecule has 0 unspecified atom stereocenters. The molecule has 126 valence electrons. The summed E-state index contributed by atoms with van der Waals surface area (Å²) in [7, 11) is 0. The van der Waals surface area contributed by atoms with Gasteiger partial charge in [-0.3, -0.25) is 9.59 Å². The maximum absolute atomic E-state index is 12.5. The van der Waals surface area contributed by atoms with Crippen LogP contribution in [-0.4, -0.2) is 29.4 Å². The van der Waals surface area contributed by atoms with Gasteiger partial charge < -0.3 is 16.2 Å². The van der Waals surface area contributed by atoms with Gasteiger partial charge in [0, 0.05) is 30.0 Å². The SMILES string of the molecule is CCc1cc(Cl)cc(CCC(=O)O)c1C(=O)CCCNC(N)=O. The molecule has 0 aliphatic heterocycles. The van der Waals surface area contributed by atoms with Crippen LogP contribution >= 0.6 is 11.6 Å². The van der Waals surface area contributed by atoms with Gasteiger partial charge in [-0.15, -0.1) is 0 Å². The van der Waals surface area contributed by atoms with E-state index in [2.05, 4.69) is 5.32 Å². The molecule has 2 amide bonds. The summed E-state index contributed by atoms with van der Waals surface area (Å²) < 4.78 is 0. The van der Waals surface area contributed by atoms with Gasteiger partial charge in [-0.2, -0.15) is 0 Å². The number of hydrogen-bond acceptors (Lipinski definition) is 3. The first-order chi connectivity index (χ1) is 10.8. The van der Waals surface area contributed by atoms with Crippen LogP contribution < -0.4 is 11.1 Å². The molecule has 0 spiro atoms. The lowest BCUT2D eigenvalue weighted by Gasteiger charge is -2.14. The van der Waals surface area contributed by atoms with Crippen LogP contribution in [0.4, 0.5) is 4.79 Å². The number of rotatable bonds is 9. The summed E-state index contributed by atoms with van der Waals surface area (Å²) in [6.45, 7) is 2.23. The summed E-state index contributed by atoms with van der Waals surface area (Å²) in [6, 6.07) is 2.76. The number of benzene rings is 1. The minimum atomic E-state index is -0.924. The second kappa shape index (κ2) is 9.15. The fourth-order valence-corrected chi connectivity index (χ4v) is 2.65. The number of carboxylic acids is 1. The minimum Gasteiger partial charge on any atom is -0.481 e. The number of halogens is 1. The van der Waals surface area contributed by atoms with Crippen molar-refractivity contribution >= 4 is 29.4 Å². The summed E-state index contributed by atoms with van der Waals surface area (Å²) in [5.74, 6) is -1.00. The number of carbonyl (C=O) groups is 3. The zero-order valence-electron chi connectivity index (χ0n) is 13.0. The number of carboxylic acid groups (broad SMARTS) is 1. The quantitative estimate of drug-likeness (QED) is 0.474. The van der Waals surface area contributed by atoms with Gasteiger partial charge in [0.15, 0.2) is 5.78 Å². The van der Waals surface area contributed by atoms with Crippen LogP contribution in [0.15, 0.2) is 12.1 Å². The maximum Gasteiger partial charge on any atom is 0.312 e. The number of hydrogen-bond donors (Lipinski definition) is 3. The van der Waals surface area contributed by atoms with Crippen LogP contribution in [0.3, 0.4) is 0 Å². The van der Waals surface area contributed by atoms with Crippen molar-refractivity contribution in [2.24, 2.45) is 5.73 Å². The third kappa shape index (κ3) is 6.28. The van der Waals surface area contributed by atoms with Gasteiger partial charge in [-0.1, -0.05) is 18.5 Å². The van der Waals surface area contributed by atoms with Crippen LogP contribution in [0.25, 0.3) is 0 Å². The van der Waals surface area contributed by atoms with Gasteiger partial charge in [0.25, 0.3) is 0 Å².